The van der Waals surface area contributed by atoms with E-state index in [9.17, 15) is 4.79 Å². The summed E-state index contributed by atoms with van der Waals surface area (Å²) in [6.45, 7) is 0.131. The Labute approximate surface area is 111 Å². The molecule has 2 aromatic rings. The maximum Gasteiger partial charge on any atom is 0.224 e. The molecule has 19 heavy (non-hydrogen) atoms. The van der Waals surface area contributed by atoms with Crippen LogP contribution in [0.1, 0.15) is 19.3 Å². The summed E-state index contributed by atoms with van der Waals surface area (Å²) >= 11 is 0. The summed E-state index contributed by atoms with van der Waals surface area (Å²) in [5.74, 6) is -0.0252. The average Bonchev–Trinajstić information content (AvgIpc) is 2.94. The van der Waals surface area contributed by atoms with Gasteiger partial charge in [0.2, 0.25) is 5.91 Å². The zero-order valence-corrected chi connectivity index (χ0v) is 10.6. The fourth-order valence-electron chi connectivity index (χ4n) is 1.77. The second-order valence-electron chi connectivity index (χ2n) is 4.27. The van der Waals surface area contributed by atoms with Gasteiger partial charge in [-0.3, -0.25) is 4.79 Å². The lowest BCUT2D eigenvalue weighted by Crippen LogP contribution is -2.11. The number of imidazole rings is 1. The number of carbonyl (C=O) groups is 1. The molecule has 5 nitrogen and oxygen atoms in total. The predicted molar refractivity (Wildman–Crippen MR) is 73.6 cm³/mol. The minimum atomic E-state index is -0.0252. The Morgan fingerprint density at radius 1 is 1.26 bits per heavy atom. The number of aromatic nitrogens is 2. The van der Waals surface area contributed by atoms with Crippen molar-refractivity contribution in [3.05, 3.63) is 36.8 Å². The Morgan fingerprint density at radius 2 is 2.05 bits per heavy atom. The molecule has 100 valence electrons. The number of unbranched alkanes of at least 4 members (excludes halogenated alkanes) is 1. The Kier molecular flexibility index (Phi) is 4.69. The minimum Gasteiger partial charge on any atom is -0.396 e. The topological polar surface area (TPSA) is 78.0 Å². The van der Waals surface area contributed by atoms with Crippen LogP contribution in [0.5, 0.6) is 0 Å². The van der Waals surface area contributed by atoms with Gasteiger partial charge in [0.1, 0.15) is 0 Å². The van der Waals surface area contributed by atoms with Gasteiger partial charge in [-0.1, -0.05) is 12.1 Å². The number of anilines is 1. The van der Waals surface area contributed by atoms with E-state index in [0.717, 1.165) is 16.9 Å². The Hall–Kier alpha value is -2.14. The molecule has 1 aromatic heterocycles. The number of hydrogen-bond donors (Lipinski definition) is 3. The van der Waals surface area contributed by atoms with Crippen LogP contribution in [-0.4, -0.2) is 27.6 Å². The lowest BCUT2D eigenvalue weighted by atomic mass is 10.1. The number of benzene rings is 1. The third-order valence-corrected chi connectivity index (χ3v) is 2.79. The molecule has 2 rings (SSSR count). The molecule has 5 heteroatoms. The van der Waals surface area contributed by atoms with E-state index in [0.29, 0.717) is 19.3 Å². The van der Waals surface area contributed by atoms with E-state index in [1.54, 1.807) is 12.5 Å². The van der Waals surface area contributed by atoms with Crippen LogP contribution in [-0.2, 0) is 4.79 Å². The number of H-pyrrole nitrogens is 1. The molecule has 0 saturated heterocycles. The first-order chi connectivity index (χ1) is 9.29. The lowest BCUT2D eigenvalue weighted by Gasteiger charge is -2.05. The molecule has 0 radical (unpaired) electrons. The molecule has 1 aromatic carbocycles. The molecule has 0 fully saturated rings. The highest BCUT2D eigenvalue weighted by Crippen LogP contribution is 2.18. The SMILES string of the molecule is O=C(CCCCO)Nc1ccc(-c2cnc[nH]2)cc1. The molecule has 0 bridgehead atoms. The third kappa shape index (κ3) is 3.93. The number of rotatable bonds is 6. The highest BCUT2D eigenvalue weighted by atomic mass is 16.2. The minimum absolute atomic E-state index is 0.0252. The highest BCUT2D eigenvalue weighted by Gasteiger charge is 2.03. The monoisotopic (exact) mass is 259 g/mol. The van der Waals surface area contributed by atoms with Gasteiger partial charge in [0, 0.05) is 18.7 Å². The van der Waals surface area contributed by atoms with Crippen LogP contribution >= 0.6 is 0 Å². The standard InChI is InChI=1S/C14H17N3O2/c18-8-2-1-3-14(19)17-12-6-4-11(5-7-12)13-9-15-10-16-13/h4-7,9-10,18H,1-3,8H2,(H,15,16)(H,17,19). The lowest BCUT2D eigenvalue weighted by molar-refractivity contribution is -0.116. The van der Waals surface area contributed by atoms with Gasteiger partial charge in [-0.05, 0) is 30.5 Å². The van der Waals surface area contributed by atoms with Crippen LogP contribution in [0.2, 0.25) is 0 Å². The van der Waals surface area contributed by atoms with Crippen molar-refractivity contribution in [3.63, 3.8) is 0 Å². The van der Waals surface area contributed by atoms with Gasteiger partial charge < -0.3 is 15.4 Å². The van der Waals surface area contributed by atoms with Crippen molar-refractivity contribution in [3.8, 4) is 11.3 Å². The van der Waals surface area contributed by atoms with Crippen molar-refractivity contribution in [1.29, 1.82) is 0 Å². The van der Waals surface area contributed by atoms with Crippen molar-refractivity contribution in [2.45, 2.75) is 19.3 Å². The zero-order valence-electron chi connectivity index (χ0n) is 10.6. The summed E-state index contributed by atoms with van der Waals surface area (Å²) in [7, 11) is 0. The predicted octanol–water partition coefficient (Wildman–Crippen LogP) is 2.18. The average molecular weight is 259 g/mol. The molecular formula is C14H17N3O2. The van der Waals surface area contributed by atoms with Crippen molar-refractivity contribution < 1.29 is 9.90 Å². The number of aliphatic hydroxyl groups excluding tert-OH is 1. The summed E-state index contributed by atoms with van der Waals surface area (Å²) in [6, 6.07) is 7.58. The number of carbonyl (C=O) groups excluding carboxylic acids is 1. The van der Waals surface area contributed by atoms with Crippen LogP contribution in [0.3, 0.4) is 0 Å². The fourth-order valence-corrected chi connectivity index (χ4v) is 1.77. The second kappa shape index (κ2) is 6.70. The normalized spacial score (nSPS) is 10.4. The van der Waals surface area contributed by atoms with E-state index in [-0.39, 0.29) is 12.5 Å². The van der Waals surface area contributed by atoms with Gasteiger partial charge in [0.05, 0.1) is 18.2 Å². The van der Waals surface area contributed by atoms with Gasteiger partial charge in [-0.2, -0.15) is 0 Å². The highest BCUT2D eigenvalue weighted by molar-refractivity contribution is 5.90. The Bertz CT molecular complexity index is 506. The van der Waals surface area contributed by atoms with Gasteiger partial charge in [0.15, 0.2) is 0 Å². The second-order valence-corrected chi connectivity index (χ2v) is 4.27. The number of nitrogens with one attached hydrogen (secondary N) is 2. The summed E-state index contributed by atoms with van der Waals surface area (Å²) in [6.07, 6.45) is 5.18. The van der Waals surface area contributed by atoms with Crippen molar-refractivity contribution in [2.24, 2.45) is 0 Å². The van der Waals surface area contributed by atoms with Gasteiger partial charge >= 0.3 is 0 Å². The fraction of sp³-hybridized carbons (Fsp3) is 0.286. The van der Waals surface area contributed by atoms with Crippen molar-refractivity contribution >= 4 is 11.6 Å². The Morgan fingerprint density at radius 3 is 2.68 bits per heavy atom. The number of hydrogen-bond acceptors (Lipinski definition) is 3. The van der Waals surface area contributed by atoms with Gasteiger partial charge in [0.25, 0.3) is 0 Å². The van der Waals surface area contributed by atoms with E-state index >= 15 is 0 Å². The molecule has 0 aliphatic carbocycles. The molecule has 0 spiro atoms. The van der Waals surface area contributed by atoms with E-state index in [1.165, 1.54) is 0 Å². The first-order valence-corrected chi connectivity index (χ1v) is 6.29. The maximum atomic E-state index is 11.6. The summed E-state index contributed by atoms with van der Waals surface area (Å²) < 4.78 is 0. The van der Waals surface area contributed by atoms with E-state index in [4.69, 9.17) is 5.11 Å². The third-order valence-electron chi connectivity index (χ3n) is 2.79. The molecule has 1 amide bonds. The largest absolute Gasteiger partial charge is 0.396 e. The molecule has 0 atom stereocenters. The molecule has 1 heterocycles. The maximum absolute atomic E-state index is 11.6. The first kappa shape index (κ1) is 13.3. The molecule has 0 aliphatic heterocycles. The number of aliphatic hydroxyl groups is 1. The van der Waals surface area contributed by atoms with Gasteiger partial charge in [-0.15, -0.1) is 0 Å². The number of amides is 1. The molecular weight excluding hydrogens is 242 g/mol. The Balaban J connectivity index is 1.90. The van der Waals surface area contributed by atoms with E-state index in [2.05, 4.69) is 15.3 Å². The number of aromatic amines is 1. The van der Waals surface area contributed by atoms with Crippen LogP contribution in [0.25, 0.3) is 11.3 Å². The molecule has 3 N–H and O–H groups in total. The smallest absolute Gasteiger partial charge is 0.224 e. The van der Waals surface area contributed by atoms with E-state index in [1.807, 2.05) is 24.3 Å². The summed E-state index contributed by atoms with van der Waals surface area (Å²) in [4.78, 5) is 18.6. The zero-order chi connectivity index (χ0) is 13.5. The molecule has 0 aliphatic rings. The van der Waals surface area contributed by atoms with Crippen LogP contribution in [0.4, 0.5) is 5.69 Å². The first-order valence-electron chi connectivity index (χ1n) is 6.29. The van der Waals surface area contributed by atoms with Crippen molar-refractivity contribution in [2.75, 3.05) is 11.9 Å². The van der Waals surface area contributed by atoms with E-state index < -0.39 is 0 Å². The summed E-state index contributed by atoms with van der Waals surface area (Å²) in [5, 5.41) is 11.5. The quantitative estimate of drug-likeness (QED) is 0.696. The van der Waals surface area contributed by atoms with Crippen LogP contribution < -0.4 is 5.32 Å². The van der Waals surface area contributed by atoms with Gasteiger partial charge in [-0.25, -0.2) is 4.98 Å². The molecule has 0 unspecified atom stereocenters. The van der Waals surface area contributed by atoms with Crippen molar-refractivity contribution in [1.82, 2.24) is 9.97 Å². The van der Waals surface area contributed by atoms with Crippen LogP contribution in [0.15, 0.2) is 36.8 Å². The molecule has 0 saturated carbocycles. The van der Waals surface area contributed by atoms with Crippen LogP contribution in [0, 0.1) is 0 Å². The summed E-state index contributed by atoms with van der Waals surface area (Å²) in [5.41, 5.74) is 2.74. The number of nitrogens with zero attached hydrogens (tertiary/aromatic N) is 1.